The molecule has 1 aromatic heterocycles. The highest BCUT2D eigenvalue weighted by atomic mass is 32.2. The lowest BCUT2D eigenvalue weighted by Crippen LogP contribution is -2.31. The zero-order chi connectivity index (χ0) is 18.4. The lowest BCUT2D eigenvalue weighted by molar-refractivity contribution is 0.102. The van der Waals surface area contributed by atoms with Crippen LogP contribution in [0.1, 0.15) is 40.7 Å². The van der Waals surface area contributed by atoms with E-state index < -0.39 is 0 Å². The molecule has 1 amide bonds. The molecule has 1 aliphatic heterocycles. The van der Waals surface area contributed by atoms with Crippen molar-refractivity contribution in [2.24, 2.45) is 0 Å². The third kappa shape index (κ3) is 5.32. The van der Waals surface area contributed by atoms with Gasteiger partial charge in [0.05, 0.1) is 10.6 Å². The van der Waals surface area contributed by atoms with Crippen LogP contribution in [0, 0.1) is 13.8 Å². The van der Waals surface area contributed by atoms with Crippen molar-refractivity contribution >= 4 is 23.4 Å². The predicted octanol–water partition coefficient (Wildman–Crippen LogP) is 4.53. The summed E-state index contributed by atoms with van der Waals surface area (Å²) in [5.74, 6) is 0.923. The van der Waals surface area contributed by atoms with Gasteiger partial charge in [-0.25, -0.2) is 4.98 Å². The minimum Gasteiger partial charge on any atom is -0.322 e. The molecule has 0 aliphatic carbocycles. The summed E-state index contributed by atoms with van der Waals surface area (Å²) in [6, 6.07) is 9.73. The number of hydrogen-bond donors (Lipinski definition) is 1. The Morgan fingerprint density at radius 1 is 1.12 bits per heavy atom. The van der Waals surface area contributed by atoms with E-state index in [1.807, 2.05) is 37.3 Å². The Labute approximate surface area is 160 Å². The van der Waals surface area contributed by atoms with Gasteiger partial charge in [0.25, 0.3) is 5.91 Å². The van der Waals surface area contributed by atoms with Gasteiger partial charge in [0.1, 0.15) is 0 Å². The molecule has 0 atom stereocenters. The van der Waals surface area contributed by atoms with E-state index in [0.29, 0.717) is 5.56 Å². The molecular weight excluding hydrogens is 342 g/mol. The van der Waals surface area contributed by atoms with Gasteiger partial charge in [0.2, 0.25) is 0 Å². The second-order valence-corrected chi connectivity index (χ2v) is 8.00. The molecule has 0 bridgehead atoms. The molecule has 3 rings (SSSR count). The first-order valence-electron chi connectivity index (χ1n) is 9.31. The Hall–Kier alpha value is -1.85. The van der Waals surface area contributed by atoms with Crippen LogP contribution in [0.25, 0.3) is 0 Å². The summed E-state index contributed by atoms with van der Waals surface area (Å²) in [4.78, 5) is 19.3. The molecular formula is C21H27N3OS. The molecule has 1 N–H and O–H groups in total. The maximum absolute atomic E-state index is 12.4. The number of thioether (sulfide) groups is 1. The molecule has 4 nitrogen and oxygen atoms in total. The molecule has 2 heterocycles. The van der Waals surface area contributed by atoms with E-state index in [9.17, 15) is 4.79 Å². The van der Waals surface area contributed by atoms with Gasteiger partial charge in [-0.15, -0.1) is 11.8 Å². The smallest absolute Gasteiger partial charge is 0.257 e. The van der Waals surface area contributed by atoms with Gasteiger partial charge in [-0.05, 0) is 75.2 Å². The number of rotatable bonds is 6. The van der Waals surface area contributed by atoms with Crippen LogP contribution in [0.5, 0.6) is 0 Å². The first kappa shape index (κ1) is 18.9. The minimum atomic E-state index is -0.120. The number of carbonyl (C=O) groups excluding carboxylic acids is 1. The van der Waals surface area contributed by atoms with Crippen LogP contribution in [0.3, 0.4) is 0 Å². The van der Waals surface area contributed by atoms with E-state index in [4.69, 9.17) is 0 Å². The maximum Gasteiger partial charge on any atom is 0.257 e. The highest BCUT2D eigenvalue weighted by Crippen LogP contribution is 2.18. The van der Waals surface area contributed by atoms with Crippen molar-refractivity contribution in [2.75, 3.05) is 30.7 Å². The Bertz CT molecular complexity index is 739. The quantitative estimate of drug-likeness (QED) is 0.760. The predicted molar refractivity (Wildman–Crippen MR) is 109 cm³/mol. The number of likely N-dealkylation sites (tertiary alicyclic amines) is 1. The number of amides is 1. The largest absolute Gasteiger partial charge is 0.322 e. The molecule has 26 heavy (non-hydrogen) atoms. The van der Waals surface area contributed by atoms with Crippen LogP contribution < -0.4 is 5.32 Å². The molecule has 0 unspecified atom stereocenters. The number of nitrogens with one attached hydrogen (secondary N) is 1. The number of aromatic nitrogens is 1. The summed E-state index contributed by atoms with van der Waals surface area (Å²) >= 11 is 1.76. The summed E-state index contributed by atoms with van der Waals surface area (Å²) in [5, 5.41) is 3.92. The van der Waals surface area contributed by atoms with E-state index >= 15 is 0 Å². The van der Waals surface area contributed by atoms with Gasteiger partial charge in [0, 0.05) is 24.2 Å². The van der Waals surface area contributed by atoms with Gasteiger partial charge >= 0.3 is 0 Å². The Balaban J connectivity index is 1.49. The van der Waals surface area contributed by atoms with Crippen LogP contribution >= 0.6 is 11.8 Å². The third-order valence-electron chi connectivity index (χ3n) is 4.87. The number of nitrogens with zero attached hydrogens (tertiary/aromatic N) is 2. The second kappa shape index (κ2) is 9.19. The zero-order valence-electron chi connectivity index (χ0n) is 15.6. The van der Waals surface area contributed by atoms with Gasteiger partial charge in [-0.3, -0.25) is 4.79 Å². The molecule has 5 heteroatoms. The molecule has 1 aliphatic rings. The van der Waals surface area contributed by atoms with E-state index in [0.717, 1.165) is 23.0 Å². The van der Waals surface area contributed by atoms with Gasteiger partial charge in [-0.2, -0.15) is 0 Å². The van der Waals surface area contributed by atoms with Crippen molar-refractivity contribution in [3.8, 4) is 0 Å². The lowest BCUT2D eigenvalue weighted by atomic mass is 10.1. The first-order valence-corrected chi connectivity index (χ1v) is 10.3. The summed E-state index contributed by atoms with van der Waals surface area (Å²) in [6.45, 7) is 7.67. The molecule has 1 fully saturated rings. The average Bonchev–Trinajstić information content (AvgIpc) is 2.66. The summed E-state index contributed by atoms with van der Waals surface area (Å²) in [5.41, 5.74) is 3.79. The molecule has 0 spiro atoms. The van der Waals surface area contributed by atoms with Crippen LogP contribution in [0.4, 0.5) is 5.69 Å². The normalized spacial score (nSPS) is 15.0. The van der Waals surface area contributed by atoms with Crippen LogP contribution in [0.2, 0.25) is 0 Å². The van der Waals surface area contributed by atoms with Crippen molar-refractivity contribution in [3.63, 3.8) is 0 Å². The SMILES string of the molecule is Cc1ccc(NC(=O)c2ccc(SCCN3CCCCC3)nc2)cc1C. The number of benzene rings is 1. The Kier molecular flexibility index (Phi) is 6.69. The number of hydrogen-bond acceptors (Lipinski definition) is 4. The average molecular weight is 370 g/mol. The third-order valence-corrected chi connectivity index (χ3v) is 5.79. The molecule has 1 aromatic carbocycles. The summed E-state index contributed by atoms with van der Waals surface area (Å²) in [6.07, 6.45) is 5.69. The van der Waals surface area contributed by atoms with Gasteiger partial charge < -0.3 is 10.2 Å². The molecule has 2 aromatic rings. The highest BCUT2D eigenvalue weighted by Gasteiger charge is 2.10. The minimum absolute atomic E-state index is 0.120. The van der Waals surface area contributed by atoms with E-state index in [2.05, 4.69) is 22.1 Å². The molecule has 1 saturated heterocycles. The summed E-state index contributed by atoms with van der Waals surface area (Å²) < 4.78 is 0. The van der Waals surface area contributed by atoms with Gasteiger partial charge in [0.15, 0.2) is 0 Å². The second-order valence-electron chi connectivity index (χ2n) is 6.89. The lowest BCUT2D eigenvalue weighted by Gasteiger charge is -2.25. The first-order chi connectivity index (χ1) is 12.6. The van der Waals surface area contributed by atoms with E-state index in [-0.39, 0.29) is 5.91 Å². The van der Waals surface area contributed by atoms with Crippen molar-refractivity contribution in [1.82, 2.24) is 9.88 Å². The van der Waals surface area contributed by atoms with Crippen molar-refractivity contribution in [2.45, 2.75) is 38.1 Å². The Morgan fingerprint density at radius 3 is 2.62 bits per heavy atom. The zero-order valence-corrected chi connectivity index (χ0v) is 16.4. The standard InChI is InChI=1S/C21H27N3OS/c1-16-6-8-19(14-17(16)2)23-21(25)18-7-9-20(22-15-18)26-13-12-24-10-4-3-5-11-24/h6-9,14-15H,3-5,10-13H2,1-2H3,(H,23,25). The number of anilines is 1. The van der Waals surface area contributed by atoms with Crippen LogP contribution in [-0.2, 0) is 0 Å². The van der Waals surface area contributed by atoms with Crippen LogP contribution in [-0.4, -0.2) is 41.2 Å². The van der Waals surface area contributed by atoms with Crippen molar-refractivity contribution in [3.05, 3.63) is 53.2 Å². The monoisotopic (exact) mass is 369 g/mol. The fourth-order valence-electron chi connectivity index (χ4n) is 3.08. The van der Waals surface area contributed by atoms with E-state index in [1.165, 1.54) is 43.5 Å². The van der Waals surface area contributed by atoms with Crippen molar-refractivity contribution in [1.29, 1.82) is 0 Å². The number of aryl methyl sites for hydroxylation is 2. The summed E-state index contributed by atoms with van der Waals surface area (Å²) in [7, 11) is 0. The number of piperidine rings is 1. The topological polar surface area (TPSA) is 45.2 Å². The van der Waals surface area contributed by atoms with Crippen LogP contribution in [0.15, 0.2) is 41.6 Å². The fraction of sp³-hybridized carbons (Fsp3) is 0.429. The van der Waals surface area contributed by atoms with Crippen molar-refractivity contribution < 1.29 is 4.79 Å². The Morgan fingerprint density at radius 2 is 1.92 bits per heavy atom. The maximum atomic E-state index is 12.4. The fourth-order valence-corrected chi connectivity index (χ4v) is 3.93. The van der Waals surface area contributed by atoms with E-state index in [1.54, 1.807) is 18.0 Å². The molecule has 138 valence electrons. The molecule has 0 saturated carbocycles. The molecule has 0 radical (unpaired) electrons. The highest BCUT2D eigenvalue weighted by molar-refractivity contribution is 7.99. The number of carbonyl (C=O) groups is 1. The van der Waals surface area contributed by atoms with Gasteiger partial charge in [-0.1, -0.05) is 12.5 Å². The number of pyridine rings is 1.